The van der Waals surface area contributed by atoms with E-state index in [0.29, 0.717) is 0 Å². The van der Waals surface area contributed by atoms with Crippen molar-refractivity contribution >= 4 is 43.8 Å². The molecular weight excluding hydrogens is 384 g/mol. The van der Waals surface area contributed by atoms with Crippen molar-refractivity contribution < 1.29 is 25.9 Å². The van der Waals surface area contributed by atoms with Crippen molar-refractivity contribution in [3.8, 4) is 0 Å². The Morgan fingerprint density at radius 1 is 0.731 bits per heavy atom. The van der Waals surface area contributed by atoms with Crippen molar-refractivity contribution in [1.82, 2.24) is 0 Å². The van der Waals surface area contributed by atoms with E-state index in [-0.39, 0.29) is 22.5 Å². The van der Waals surface area contributed by atoms with Crippen LogP contribution in [-0.4, -0.2) is 25.9 Å². The lowest BCUT2D eigenvalue weighted by Crippen LogP contribution is -2.02. The summed E-state index contributed by atoms with van der Waals surface area (Å²) in [6.07, 6.45) is 2.21. The molecule has 10 nitrogen and oxygen atoms in total. The lowest BCUT2D eigenvalue weighted by Gasteiger charge is -2.10. The third-order valence-electron chi connectivity index (χ3n) is 3.21. The van der Waals surface area contributed by atoms with Gasteiger partial charge in [-0.3, -0.25) is 0 Å². The Kier molecular flexibility index (Phi) is 5.15. The highest BCUT2D eigenvalue weighted by Gasteiger charge is 2.16. The van der Waals surface area contributed by atoms with Crippen LogP contribution in [0.2, 0.25) is 0 Å². The number of hydrogen-bond donors (Lipinski definition) is 0. The van der Waals surface area contributed by atoms with Gasteiger partial charge in [0.2, 0.25) is 10.8 Å². The van der Waals surface area contributed by atoms with Crippen LogP contribution in [0.1, 0.15) is 11.1 Å². The summed E-state index contributed by atoms with van der Waals surface area (Å²) in [6, 6.07) is 6.43. The van der Waals surface area contributed by atoms with E-state index in [1.54, 1.807) is 0 Å². The van der Waals surface area contributed by atoms with Gasteiger partial charge in [0, 0.05) is 12.1 Å². The molecule has 0 bridgehead atoms. The van der Waals surface area contributed by atoms with Crippen LogP contribution in [0.4, 0.5) is 11.4 Å². The highest BCUT2D eigenvalue weighted by molar-refractivity contribution is 7.86. The number of diazo groups is 2. The largest absolute Gasteiger partial charge is 0.744 e. The molecule has 26 heavy (non-hydrogen) atoms. The number of benzene rings is 2. The first kappa shape index (κ1) is 19.2. The molecule has 12 heteroatoms. The lowest BCUT2D eigenvalue weighted by molar-refractivity contribution is 0.460. The number of hydrogen-bond acceptors (Lipinski definition) is 8. The molecule has 0 saturated heterocycles. The van der Waals surface area contributed by atoms with Gasteiger partial charge >= 0.3 is 11.4 Å². The second-order valence-corrected chi connectivity index (χ2v) is 7.58. The van der Waals surface area contributed by atoms with Crippen LogP contribution >= 0.6 is 0 Å². The molecule has 2 aromatic carbocycles. The molecule has 0 aliphatic heterocycles. The monoisotopic (exact) mass is 392 g/mol. The van der Waals surface area contributed by atoms with Gasteiger partial charge in [-0.05, 0) is 23.3 Å². The van der Waals surface area contributed by atoms with E-state index >= 15 is 0 Å². The molecule has 0 atom stereocenters. The Bertz CT molecular complexity index is 1110. The topological polar surface area (TPSA) is 171 Å². The second-order valence-electron chi connectivity index (χ2n) is 4.89. The van der Waals surface area contributed by atoms with Crippen molar-refractivity contribution in [3.63, 3.8) is 0 Å². The minimum Gasteiger partial charge on any atom is -0.744 e. The highest BCUT2D eigenvalue weighted by Crippen LogP contribution is 2.27. The first-order valence-corrected chi connectivity index (χ1v) is 9.46. The molecule has 0 spiro atoms. The summed E-state index contributed by atoms with van der Waals surface area (Å²) in [6.45, 7) is 0. The predicted molar refractivity (Wildman–Crippen MR) is 87.2 cm³/mol. The fraction of sp³-hybridized carbons (Fsp3) is 0. The molecule has 0 aliphatic carbocycles. The van der Waals surface area contributed by atoms with E-state index in [9.17, 15) is 25.9 Å². The van der Waals surface area contributed by atoms with Crippen molar-refractivity contribution in [2.45, 2.75) is 9.79 Å². The zero-order valence-electron chi connectivity index (χ0n) is 12.7. The van der Waals surface area contributed by atoms with E-state index in [4.69, 9.17) is 10.8 Å². The van der Waals surface area contributed by atoms with Gasteiger partial charge < -0.3 is 9.11 Å². The van der Waals surface area contributed by atoms with Gasteiger partial charge in [0.05, 0.1) is 21.9 Å². The minimum absolute atomic E-state index is 0.113. The minimum atomic E-state index is -4.92. The van der Waals surface area contributed by atoms with Crippen molar-refractivity contribution in [2.24, 2.45) is 0 Å². The Hall–Kier alpha value is -3.16. The van der Waals surface area contributed by atoms with Gasteiger partial charge in [-0.15, -0.1) is 0 Å². The van der Waals surface area contributed by atoms with E-state index in [1.165, 1.54) is 24.3 Å². The normalized spacial score (nSPS) is 11.8. The van der Waals surface area contributed by atoms with Gasteiger partial charge in [0.25, 0.3) is 0 Å². The molecule has 0 aliphatic rings. The van der Waals surface area contributed by atoms with E-state index in [1.807, 2.05) is 0 Å². The molecule has 2 aromatic rings. The van der Waals surface area contributed by atoms with Crippen molar-refractivity contribution in [2.75, 3.05) is 0 Å². The maximum absolute atomic E-state index is 11.3. The lowest BCUT2D eigenvalue weighted by atomic mass is 10.1. The molecule has 132 valence electrons. The molecule has 0 unspecified atom stereocenters. The molecule has 0 N–H and O–H groups in total. The van der Waals surface area contributed by atoms with E-state index in [0.717, 1.165) is 24.3 Å². The molecule has 0 fully saturated rings. The maximum Gasteiger partial charge on any atom is 0.386 e. The molecule has 0 radical (unpaired) electrons. The summed E-state index contributed by atoms with van der Waals surface area (Å²) in [5.41, 5.74) is -0.572. The van der Waals surface area contributed by atoms with Gasteiger partial charge in [0.15, 0.2) is 9.95 Å². The summed E-state index contributed by atoms with van der Waals surface area (Å²) >= 11 is 0. The maximum atomic E-state index is 11.3. The number of nitrogens with zero attached hydrogens (tertiary/aromatic N) is 4. The SMILES string of the molecule is N#[N+]c1ccc(/C=C/c2ccc([N+]#N)cc2S(=O)(=O)[O-])c(S(=O)(=O)[O-])c1. The van der Waals surface area contributed by atoms with Gasteiger partial charge in [-0.25, -0.2) is 16.8 Å². The Balaban J connectivity index is 2.63. The van der Waals surface area contributed by atoms with Crippen molar-refractivity contribution in [3.05, 3.63) is 57.5 Å². The molecule has 0 aromatic heterocycles. The Labute approximate surface area is 148 Å². The zero-order valence-corrected chi connectivity index (χ0v) is 14.3. The van der Waals surface area contributed by atoms with Crippen LogP contribution in [0.5, 0.6) is 0 Å². The molecule has 0 heterocycles. The van der Waals surface area contributed by atoms with Crippen LogP contribution in [-0.2, 0) is 20.2 Å². The van der Waals surface area contributed by atoms with Crippen LogP contribution in [0.25, 0.3) is 22.1 Å². The quantitative estimate of drug-likeness (QED) is 0.434. The average molecular weight is 392 g/mol. The molecule has 0 saturated carbocycles. The van der Waals surface area contributed by atoms with Gasteiger partial charge in [-0.2, -0.15) is 0 Å². The average Bonchev–Trinajstić information content (AvgIpc) is 2.58. The Morgan fingerprint density at radius 2 is 1.08 bits per heavy atom. The molecule has 0 amide bonds. The zero-order chi connectivity index (χ0) is 19.5. The van der Waals surface area contributed by atoms with E-state index in [2.05, 4.69) is 9.95 Å². The summed E-state index contributed by atoms with van der Waals surface area (Å²) < 4.78 is 68.1. The third kappa shape index (κ3) is 4.27. The first-order valence-electron chi connectivity index (χ1n) is 6.64. The summed E-state index contributed by atoms with van der Waals surface area (Å²) in [4.78, 5) is 4.18. The predicted octanol–water partition coefficient (Wildman–Crippen LogP) is 2.63. The van der Waals surface area contributed by atoms with Crippen LogP contribution in [0.15, 0.2) is 46.2 Å². The standard InChI is InChI=1S/C14H8N4O6S2/c15-17-11-5-3-9(13(7-11)25(19,20)21)1-2-10-4-6-12(18-16)8-14(10)26(22,23)24/h1-8H/b2-1+. The smallest absolute Gasteiger partial charge is 0.386 e. The fourth-order valence-corrected chi connectivity index (χ4v) is 3.44. The van der Waals surface area contributed by atoms with Crippen molar-refractivity contribution in [1.29, 1.82) is 10.8 Å². The van der Waals surface area contributed by atoms with Crippen LogP contribution in [0.3, 0.4) is 0 Å². The number of rotatable bonds is 4. The van der Waals surface area contributed by atoms with Crippen LogP contribution < -0.4 is 0 Å². The second kappa shape index (κ2) is 6.99. The van der Waals surface area contributed by atoms with Gasteiger partial charge in [0.1, 0.15) is 20.2 Å². The fourth-order valence-electron chi connectivity index (χ4n) is 2.06. The summed E-state index contributed by atoms with van der Waals surface area (Å²) in [5.74, 6) is 0. The summed E-state index contributed by atoms with van der Waals surface area (Å²) in [5, 5.41) is 17.4. The Morgan fingerprint density at radius 3 is 1.35 bits per heavy atom. The third-order valence-corrected chi connectivity index (χ3v) is 4.99. The van der Waals surface area contributed by atoms with Gasteiger partial charge in [-0.1, -0.05) is 12.2 Å². The first-order chi connectivity index (χ1) is 12.1. The highest BCUT2D eigenvalue weighted by atomic mass is 32.2. The molecule has 2 rings (SSSR count). The van der Waals surface area contributed by atoms with Crippen LogP contribution in [0, 0.1) is 10.8 Å². The molecular formula is C14H8N4O6S2. The summed E-state index contributed by atoms with van der Waals surface area (Å²) in [7, 11) is -9.84. The van der Waals surface area contributed by atoms with E-state index < -0.39 is 30.0 Å².